The molecule has 5 rings (SSSR count). The van der Waals surface area contributed by atoms with Gasteiger partial charge in [0.1, 0.15) is 18.0 Å². The van der Waals surface area contributed by atoms with E-state index >= 15 is 0 Å². The number of para-hydroxylation sites is 1. The third kappa shape index (κ3) is 3.67. The Kier molecular flexibility index (Phi) is 5.45. The quantitative estimate of drug-likeness (QED) is 0.599. The van der Waals surface area contributed by atoms with Crippen molar-refractivity contribution < 1.29 is 19.2 Å². The van der Waals surface area contributed by atoms with Crippen molar-refractivity contribution in [2.45, 2.75) is 56.7 Å². The topological polar surface area (TPSA) is 111 Å². The molecule has 3 N–H and O–H groups in total. The average Bonchev–Trinajstić information content (AvgIpc) is 3.56. The second kappa shape index (κ2) is 8.41. The first-order chi connectivity index (χ1) is 15.5. The van der Waals surface area contributed by atoms with Gasteiger partial charge < -0.3 is 25.3 Å². The van der Waals surface area contributed by atoms with Gasteiger partial charge in [0.2, 0.25) is 11.8 Å². The zero-order valence-electron chi connectivity index (χ0n) is 17.9. The Morgan fingerprint density at radius 3 is 2.81 bits per heavy atom. The van der Waals surface area contributed by atoms with Crippen LogP contribution in [0.25, 0.3) is 10.9 Å². The van der Waals surface area contributed by atoms with Gasteiger partial charge in [-0.3, -0.25) is 14.4 Å². The van der Waals surface area contributed by atoms with Crippen LogP contribution in [0.15, 0.2) is 30.3 Å². The van der Waals surface area contributed by atoms with Gasteiger partial charge in [0.25, 0.3) is 5.91 Å². The van der Waals surface area contributed by atoms with Crippen LogP contribution in [0.4, 0.5) is 0 Å². The highest BCUT2D eigenvalue weighted by Crippen LogP contribution is 2.42. The molecule has 3 amide bonds. The van der Waals surface area contributed by atoms with E-state index in [9.17, 15) is 19.2 Å². The number of aromatic nitrogens is 1. The third-order valence-corrected chi connectivity index (χ3v) is 7.33. The number of carbonyl (C=O) groups excluding carboxylic acids is 4. The van der Waals surface area contributed by atoms with Gasteiger partial charge in [0.15, 0.2) is 0 Å². The molecule has 0 unspecified atom stereocenters. The lowest BCUT2D eigenvalue weighted by Crippen LogP contribution is -2.51. The molecule has 1 aromatic heterocycles. The van der Waals surface area contributed by atoms with Crippen LogP contribution in [0.1, 0.15) is 49.0 Å². The Bertz CT molecular complexity index is 1030. The predicted octanol–water partition coefficient (Wildman–Crippen LogP) is 1.76. The summed E-state index contributed by atoms with van der Waals surface area (Å²) in [5.74, 6) is -0.517. The van der Waals surface area contributed by atoms with Crippen LogP contribution in [0.3, 0.4) is 0 Å². The Labute approximate surface area is 186 Å². The molecule has 8 heteroatoms. The Balaban J connectivity index is 1.35. The molecule has 0 radical (unpaired) electrons. The minimum absolute atomic E-state index is 0.0416. The first kappa shape index (κ1) is 20.7. The van der Waals surface area contributed by atoms with Crippen LogP contribution < -0.4 is 10.6 Å². The van der Waals surface area contributed by atoms with Gasteiger partial charge in [-0.15, -0.1) is 0 Å². The lowest BCUT2D eigenvalue weighted by molar-refractivity contribution is -0.129. The maximum atomic E-state index is 13.5. The van der Waals surface area contributed by atoms with Crippen LogP contribution in [0.5, 0.6) is 0 Å². The van der Waals surface area contributed by atoms with E-state index in [-0.39, 0.29) is 36.1 Å². The molecule has 1 saturated carbocycles. The van der Waals surface area contributed by atoms with Crippen LogP contribution in [0.2, 0.25) is 0 Å². The number of carbonyl (C=O) groups is 4. The van der Waals surface area contributed by atoms with Crippen molar-refractivity contribution in [3.05, 3.63) is 36.0 Å². The average molecular weight is 437 g/mol. The highest BCUT2D eigenvalue weighted by Gasteiger charge is 2.49. The second-order valence-electron chi connectivity index (χ2n) is 9.26. The van der Waals surface area contributed by atoms with Gasteiger partial charge in [-0.05, 0) is 50.2 Å². The van der Waals surface area contributed by atoms with Crippen LogP contribution in [0, 0.1) is 11.8 Å². The lowest BCUT2D eigenvalue weighted by atomic mass is 9.98. The summed E-state index contributed by atoms with van der Waals surface area (Å²) in [6.45, 7) is 0.599. The molecule has 0 spiro atoms. The zero-order valence-corrected chi connectivity index (χ0v) is 17.9. The number of rotatable bonds is 6. The minimum Gasteiger partial charge on any atom is -0.356 e. The molecule has 32 heavy (non-hydrogen) atoms. The fourth-order valence-corrected chi connectivity index (χ4v) is 5.75. The maximum Gasteiger partial charge on any atom is 0.271 e. The molecule has 3 fully saturated rings. The van der Waals surface area contributed by atoms with Crippen LogP contribution in [-0.4, -0.2) is 58.6 Å². The van der Waals surface area contributed by atoms with E-state index in [2.05, 4.69) is 15.6 Å². The smallest absolute Gasteiger partial charge is 0.271 e. The monoisotopic (exact) mass is 436 g/mol. The fourth-order valence-electron chi connectivity index (χ4n) is 5.75. The summed E-state index contributed by atoms with van der Waals surface area (Å²) in [7, 11) is 0. The molecule has 2 aliphatic heterocycles. The molecule has 8 nitrogen and oxygen atoms in total. The molecular weight excluding hydrogens is 408 g/mol. The van der Waals surface area contributed by atoms with E-state index in [1.54, 1.807) is 4.90 Å². The van der Waals surface area contributed by atoms with E-state index in [1.807, 2.05) is 30.3 Å². The van der Waals surface area contributed by atoms with Gasteiger partial charge in [-0.2, -0.15) is 0 Å². The Morgan fingerprint density at radius 1 is 1.22 bits per heavy atom. The number of nitrogens with zero attached hydrogens (tertiary/aromatic N) is 1. The molecule has 168 valence electrons. The van der Waals surface area contributed by atoms with Gasteiger partial charge in [0, 0.05) is 29.4 Å². The molecule has 1 aliphatic carbocycles. The molecule has 2 aromatic rings. The number of aldehydes is 1. The van der Waals surface area contributed by atoms with Crippen molar-refractivity contribution in [1.82, 2.24) is 20.5 Å². The first-order valence-electron chi connectivity index (χ1n) is 11.5. The molecule has 3 aliphatic rings. The van der Waals surface area contributed by atoms with Crippen molar-refractivity contribution >= 4 is 34.9 Å². The van der Waals surface area contributed by atoms with Crippen molar-refractivity contribution in [2.75, 3.05) is 6.54 Å². The molecule has 3 heterocycles. The van der Waals surface area contributed by atoms with Crippen LogP contribution >= 0.6 is 0 Å². The summed E-state index contributed by atoms with van der Waals surface area (Å²) < 4.78 is 0. The number of hydrogen-bond acceptors (Lipinski definition) is 4. The van der Waals surface area contributed by atoms with Crippen LogP contribution in [-0.2, 0) is 14.4 Å². The highest BCUT2D eigenvalue weighted by molar-refractivity contribution is 6.01. The SMILES string of the molecule is O=C[C@H](C[C@@H]1CCNC1=O)NC(=O)[C@@H]1C[C@@H]2CCC[C@@H]2N1C(=O)c1cc2ccccc2[nH]1. The number of H-pyrrole nitrogens is 1. The normalized spacial score (nSPS) is 27.9. The maximum absolute atomic E-state index is 13.5. The Hall–Kier alpha value is -3.16. The number of hydrogen-bond donors (Lipinski definition) is 3. The molecule has 2 saturated heterocycles. The van der Waals surface area contributed by atoms with E-state index < -0.39 is 12.1 Å². The first-order valence-corrected chi connectivity index (χ1v) is 11.5. The third-order valence-electron chi connectivity index (χ3n) is 7.33. The van der Waals surface area contributed by atoms with Crippen molar-refractivity contribution in [1.29, 1.82) is 0 Å². The molecule has 5 atom stereocenters. The minimum atomic E-state index is -0.734. The summed E-state index contributed by atoms with van der Waals surface area (Å²) in [6.07, 6.45) is 5.20. The number of nitrogens with one attached hydrogen (secondary N) is 3. The van der Waals surface area contributed by atoms with Gasteiger partial charge >= 0.3 is 0 Å². The largest absolute Gasteiger partial charge is 0.356 e. The molecular formula is C24H28N4O4. The molecule has 0 bridgehead atoms. The number of amides is 3. The summed E-state index contributed by atoms with van der Waals surface area (Å²) in [6, 6.07) is 8.24. The zero-order chi connectivity index (χ0) is 22.2. The van der Waals surface area contributed by atoms with Crippen molar-refractivity contribution in [3.63, 3.8) is 0 Å². The van der Waals surface area contributed by atoms with E-state index in [0.29, 0.717) is 37.3 Å². The van der Waals surface area contributed by atoms with Gasteiger partial charge in [-0.1, -0.05) is 24.6 Å². The van der Waals surface area contributed by atoms with Gasteiger partial charge in [0.05, 0.1) is 6.04 Å². The summed E-state index contributed by atoms with van der Waals surface area (Å²) in [5.41, 5.74) is 1.36. The number of benzene rings is 1. The number of likely N-dealkylation sites (tertiary alicyclic amines) is 1. The van der Waals surface area contributed by atoms with E-state index in [0.717, 1.165) is 30.2 Å². The molecule has 1 aromatic carbocycles. The summed E-state index contributed by atoms with van der Waals surface area (Å²) in [5, 5.41) is 6.53. The predicted molar refractivity (Wildman–Crippen MR) is 118 cm³/mol. The highest BCUT2D eigenvalue weighted by atomic mass is 16.2. The lowest BCUT2D eigenvalue weighted by Gasteiger charge is -2.29. The number of fused-ring (bicyclic) bond motifs is 2. The van der Waals surface area contributed by atoms with Gasteiger partial charge in [-0.25, -0.2) is 0 Å². The van der Waals surface area contributed by atoms with E-state index in [1.165, 1.54) is 0 Å². The second-order valence-corrected chi connectivity index (χ2v) is 9.26. The standard InChI is InChI=1S/C24H28N4O4/c29-13-17(10-16-8-9-25-22(16)30)26-23(31)21-12-15-5-3-7-20(15)28(21)24(32)19-11-14-4-1-2-6-18(14)27-19/h1-2,4,6,11,13,15-17,20-21,27H,3,5,7-10,12H2,(H,25,30)(H,26,31)/t15-,16-,17-,20-,21-/m0/s1. The van der Waals surface area contributed by atoms with Crippen molar-refractivity contribution in [2.24, 2.45) is 11.8 Å². The number of aromatic amines is 1. The fraction of sp³-hybridized carbons (Fsp3) is 0.500. The van der Waals surface area contributed by atoms with Crippen molar-refractivity contribution in [3.8, 4) is 0 Å². The summed E-state index contributed by atoms with van der Waals surface area (Å²) in [4.78, 5) is 55.2. The summed E-state index contributed by atoms with van der Waals surface area (Å²) >= 11 is 0. The Morgan fingerprint density at radius 2 is 2.06 bits per heavy atom. The van der Waals surface area contributed by atoms with E-state index in [4.69, 9.17) is 0 Å².